The van der Waals surface area contributed by atoms with Crippen molar-refractivity contribution in [2.24, 2.45) is 0 Å². The number of hydrogen-bond donors (Lipinski definition) is 2. The Morgan fingerprint density at radius 1 is 1.53 bits per heavy atom. The van der Waals surface area contributed by atoms with E-state index in [-0.39, 0.29) is 5.91 Å². The van der Waals surface area contributed by atoms with E-state index in [0.29, 0.717) is 24.1 Å². The normalized spacial score (nSPS) is 16.5. The molecule has 0 saturated carbocycles. The molecule has 1 fully saturated rings. The SMILES string of the molecule is CSc1nc(N)cc(N2CCCNC(=O)C2)n1. The van der Waals surface area contributed by atoms with Crippen LogP contribution in [0.25, 0.3) is 0 Å². The number of nitrogen functional groups attached to an aromatic ring is 1. The Labute approximate surface area is 104 Å². The Balaban J connectivity index is 2.25. The standard InChI is InChI=1S/C10H15N5OS/c1-17-10-13-7(11)5-8(14-10)15-4-2-3-12-9(16)6-15/h5H,2-4,6H2,1H3,(H,12,16)(H2,11,13,14). The number of anilines is 2. The lowest BCUT2D eigenvalue weighted by Crippen LogP contribution is -2.33. The maximum absolute atomic E-state index is 11.5. The summed E-state index contributed by atoms with van der Waals surface area (Å²) in [6.45, 7) is 1.83. The third kappa shape index (κ3) is 3.00. The highest BCUT2D eigenvalue weighted by atomic mass is 32.2. The van der Waals surface area contributed by atoms with E-state index in [1.807, 2.05) is 11.2 Å². The van der Waals surface area contributed by atoms with Crippen LogP contribution in [0.1, 0.15) is 6.42 Å². The van der Waals surface area contributed by atoms with Gasteiger partial charge in [-0.05, 0) is 12.7 Å². The van der Waals surface area contributed by atoms with Crippen molar-refractivity contribution in [3.05, 3.63) is 6.07 Å². The van der Waals surface area contributed by atoms with Gasteiger partial charge in [-0.3, -0.25) is 4.79 Å². The van der Waals surface area contributed by atoms with E-state index in [9.17, 15) is 4.79 Å². The predicted molar refractivity (Wildman–Crippen MR) is 68.1 cm³/mol. The summed E-state index contributed by atoms with van der Waals surface area (Å²) in [5.41, 5.74) is 5.72. The zero-order valence-corrected chi connectivity index (χ0v) is 10.5. The highest BCUT2D eigenvalue weighted by molar-refractivity contribution is 7.98. The molecule has 2 rings (SSSR count). The molecule has 0 unspecified atom stereocenters. The first-order valence-corrected chi connectivity index (χ1v) is 6.61. The monoisotopic (exact) mass is 253 g/mol. The summed E-state index contributed by atoms with van der Waals surface area (Å²) < 4.78 is 0. The fourth-order valence-electron chi connectivity index (χ4n) is 1.69. The maximum atomic E-state index is 11.5. The minimum atomic E-state index is 0.0189. The summed E-state index contributed by atoms with van der Waals surface area (Å²) in [6, 6.07) is 1.71. The van der Waals surface area contributed by atoms with E-state index >= 15 is 0 Å². The van der Waals surface area contributed by atoms with Gasteiger partial charge in [-0.2, -0.15) is 0 Å². The highest BCUT2D eigenvalue weighted by Gasteiger charge is 2.17. The molecule has 0 atom stereocenters. The number of amides is 1. The zero-order valence-electron chi connectivity index (χ0n) is 9.64. The molecule has 1 aliphatic heterocycles. The lowest BCUT2D eigenvalue weighted by Gasteiger charge is -2.20. The van der Waals surface area contributed by atoms with Crippen LogP contribution in [0.5, 0.6) is 0 Å². The number of aromatic nitrogens is 2. The molecule has 1 aliphatic rings. The number of thioether (sulfide) groups is 1. The van der Waals surface area contributed by atoms with Crippen molar-refractivity contribution in [1.29, 1.82) is 0 Å². The Bertz CT molecular complexity index is 425. The van der Waals surface area contributed by atoms with E-state index in [4.69, 9.17) is 5.73 Å². The van der Waals surface area contributed by atoms with Gasteiger partial charge in [0.15, 0.2) is 5.16 Å². The fraction of sp³-hybridized carbons (Fsp3) is 0.500. The van der Waals surface area contributed by atoms with Crippen LogP contribution in [0.3, 0.4) is 0 Å². The minimum Gasteiger partial charge on any atom is -0.383 e. The van der Waals surface area contributed by atoms with Gasteiger partial charge >= 0.3 is 0 Å². The second kappa shape index (κ2) is 5.22. The third-order valence-electron chi connectivity index (χ3n) is 2.48. The summed E-state index contributed by atoms with van der Waals surface area (Å²) in [5.74, 6) is 1.17. The van der Waals surface area contributed by atoms with Gasteiger partial charge in [0, 0.05) is 19.2 Å². The molecule has 2 heterocycles. The van der Waals surface area contributed by atoms with E-state index in [2.05, 4.69) is 15.3 Å². The molecular formula is C10H15N5OS. The summed E-state index contributed by atoms with van der Waals surface area (Å²) >= 11 is 1.44. The molecule has 1 aromatic heterocycles. The van der Waals surface area contributed by atoms with Crippen LogP contribution < -0.4 is 16.0 Å². The Morgan fingerprint density at radius 2 is 2.35 bits per heavy atom. The van der Waals surface area contributed by atoms with Crippen molar-refractivity contribution >= 4 is 29.3 Å². The molecule has 0 radical (unpaired) electrons. The minimum absolute atomic E-state index is 0.0189. The number of nitrogens with zero attached hydrogens (tertiary/aromatic N) is 3. The first kappa shape index (κ1) is 12.0. The summed E-state index contributed by atoms with van der Waals surface area (Å²) in [6.07, 6.45) is 2.80. The molecule has 1 amide bonds. The molecule has 1 saturated heterocycles. The molecule has 0 spiro atoms. The van der Waals surface area contributed by atoms with Crippen LogP contribution in [0.15, 0.2) is 11.2 Å². The number of nitrogens with two attached hydrogens (primary N) is 1. The summed E-state index contributed by atoms with van der Waals surface area (Å²) in [5, 5.41) is 3.46. The van der Waals surface area contributed by atoms with E-state index in [1.54, 1.807) is 6.07 Å². The average molecular weight is 253 g/mol. The van der Waals surface area contributed by atoms with Crippen LogP contribution in [0, 0.1) is 0 Å². The second-order valence-electron chi connectivity index (χ2n) is 3.76. The van der Waals surface area contributed by atoms with Crippen LogP contribution in [-0.4, -0.2) is 41.8 Å². The molecule has 92 valence electrons. The van der Waals surface area contributed by atoms with Gasteiger partial charge in [0.25, 0.3) is 0 Å². The molecule has 7 heteroatoms. The van der Waals surface area contributed by atoms with Crippen molar-refractivity contribution in [2.75, 3.05) is 36.5 Å². The van der Waals surface area contributed by atoms with Crippen molar-refractivity contribution in [2.45, 2.75) is 11.6 Å². The Kier molecular flexibility index (Phi) is 3.68. The predicted octanol–water partition coefficient (Wildman–Crippen LogP) is 0.107. The largest absolute Gasteiger partial charge is 0.383 e. The number of nitrogens with one attached hydrogen (secondary N) is 1. The molecule has 6 nitrogen and oxygen atoms in total. The Hall–Kier alpha value is -1.50. The van der Waals surface area contributed by atoms with Gasteiger partial charge in [-0.15, -0.1) is 0 Å². The zero-order chi connectivity index (χ0) is 12.3. The summed E-state index contributed by atoms with van der Waals surface area (Å²) in [4.78, 5) is 21.9. The Morgan fingerprint density at radius 3 is 3.12 bits per heavy atom. The number of carbonyl (C=O) groups is 1. The van der Waals surface area contributed by atoms with Gasteiger partial charge in [0.1, 0.15) is 11.6 Å². The molecular weight excluding hydrogens is 238 g/mol. The average Bonchev–Trinajstić information content (AvgIpc) is 2.53. The van der Waals surface area contributed by atoms with Gasteiger partial charge in [0.05, 0.1) is 6.54 Å². The van der Waals surface area contributed by atoms with E-state index < -0.39 is 0 Å². The first-order chi connectivity index (χ1) is 8.19. The topological polar surface area (TPSA) is 84.1 Å². The van der Waals surface area contributed by atoms with Crippen molar-refractivity contribution in [1.82, 2.24) is 15.3 Å². The fourth-order valence-corrected chi connectivity index (χ4v) is 2.07. The van der Waals surface area contributed by atoms with Crippen LogP contribution in [-0.2, 0) is 4.79 Å². The van der Waals surface area contributed by atoms with Crippen LogP contribution >= 0.6 is 11.8 Å². The molecule has 0 bridgehead atoms. The molecule has 0 aliphatic carbocycles. The smallest absolute Gasteiger partial charge is 0.239 e. The molecule has 0 aromatic carbocycles. The maximum Gasteiger partial charge on any atom is 0.239 e. The van der Waals surface area contributed by atoms with Crippen LogP contribution in [0.2, 0.25) is 0 Å². The van der Waals surface area contributed by atoms with Crippen molar-refractivity contribution in [3.63, 3.8) is 0 Å². The van der Waals surface area contributed by atoms with Gasteiger partial charge in [0.2, 0.25) is 5.91 Å². The quantitative estimate of drug-likeness (QED) is 0.575. The summed E-state index contributed by atoms with van der Waals surface area (Å²) in [7, 11) is 0. The first-order valence-electron chi connectivity index (χ1n) is 5.39. The number of carbonyl (C=O) groups excluding carboxylic acids is 1. The lowest BCUT2D eigenvalue weighted by atomic mass is 10.4. The molecule has 1 aromatic rings. The molecule has 3 N–H and O–H groups in total. The van der Waals surface area contributed by atoms with E-state index in [1.165, 1.54) is 11.8 Å². The van der Waals surface area contributed by atoms with Crippen LogP contribution in [0.4, 0.5) is 11.6 Å². The van der Waals surface area contributed by atoms with E-state index in [0.717, 1.165) is 18.8 Å². The number of hydrogen-bond acceptors (Lipinski definition) is 6. The van der Waals surface area contributed by atoms with Gasteiger partial charge in [-0.1, -0.05) is 11.8 Å². The third-order valence-corrected chi connectivity index (χ3v) is 3.03. The van der Waals surface area contributed by atoms with Gasteiger partial charge < -0.3 is 16.0 Å². The molecule has 17 heavy (non-hydrogen) atoms. The highest BCUT2D eigenvalue weighted by Crippen LogP contribution is 2.19. The van der Waals surface area contributed by atoms with Crippen molar-refractivity contribution < 1.29 is 4.79 Å². The van der Waals surface area contributed by atoms with Crippen molar-refractivity contribution in [3.8, 4) is 0 Å². The lowest BCUT2D eigenvalue weighted by molar-refractivity contribution is -0.119. The number of rotatable bonds is 2. The van der Waals surface area contributed by atoms with Gasteiger partial charge in [-0.25, -0.2) is 9.97 Å². The second-order valence-corrected chi connectivity index (χ2v) is 4.54.